The van der Waals surface area contributed by atoms with Gasteiger partial charge in [-0.25, -0.2) is 0 Å². The third-order valence-corrected chi connectivity index (χ3v) is 3.04. The summed E-state index contributed by atoms with van der Waals surface area (Å²) in [5.41, 5.74) is 7.66. The summed E-state index contributed by atoms with van der Waals surface area (Å²) >= 11 is 0. The van der Waals surface area contributed by atoms with Crippen LogP contribution in [-0.2, 0) is 16.0 Å². The zero-order valence-corrected chi connectivity index (χ0v) is 10.1. The molecule has 0 aromatic heterocycles. The first-order valence-corrected chi connectivity index (χ1v) is 5.73. The molecule has 2 atom stereocenters. The van der Waals surface area contributed by atoms with Crippen LogP contribution in [0.2, 0.25) is 0 Å². The molecule has 0 aliphatic carbocycles. The number of hydrogen-bond acceptors (Lipinski definition) is 4. The van der Waals surface area contributed by atoms with Gasteiger partial charge in [-0.05, 0) is 24.1 Å². The molecule has 1 aromatic rings. The maximum Gasteiger partial charge on any atom is 0.314 e. The van der Waals surface area contributed by atoms with Gasteiger partial charge in [-0.1, -0.05) is 12.1 Å². The highest BCUT2D eigenvalue weighted by molar-refractivity contribution is 5.78. The Hall–Kier alpha value is -1.55. The third-order valence-electron chi connectivity index (χ3n) is 3.04. The molecule has 0 bridgehead atoms. The molecular weight excluding hydrogens is 218 g/mol. The van der Waals surface area contributed by atoms with Crippen LogP contribution >= 0.6 is 0 Å². The van der Waals surface area contributed by atoms with Crippen LogP contribution in [0.5, 0.6) is 5.75 Å². The quantitative estimate of drug-likeness (QED) is 0.800. The fraction of sp³-hybridized carbons (Fsp3) is 0.462. The van der Waals surface area contributed by atoms with E-state index in [0.717, 1.165) is 23.3 Å². The van der Waals surface area contributed by atoms with Gasteiger partial charge in [0.25, 0.3) is 0 Å². The number of fused-ring (bicyclic) bond motifs is 1. The van der Waals surface area contributed by atoms with Crippen LogP contribution in [-0.4, -0.2) is 25.7 Å². The van der Waals surface area contributed by atoms with Crippen LogP contribution in [0.1, 0.15) is 24.0 Å². The predicted octanol–water partition coefficient (Wildman–Crippen LogP) is 1.23. The minimum Gasteiger partial charge on any atom is -0.490 e. The van der Waals surface area contributed by atoms with E-state index in [9.17, 15) is 4.79 Å². The first kappa shape index (κ1) is 11.9. The van der Waals surface area contributed by atoms with Crippen LogP contribution in [0.3, 0.4) is 0 Å². The second kappa shape index (κ2) is 4.75. The molecule has 1 aliphatic heterocycles. The smallest absolute Gasteiger partial charge is 0.314 e. The van der Waals surface area contributed by atoms with E-state index in [-0.39, 0.29) is 24.5 Å². The zero-order valence-electron chi connectivity index (χ0n) is 10.1. The van der Waals surface area contributed by atoms with Gasteiger partial charge < -0.3 is 15.2 Å². The molecule has 0 spiro atoms. The van der Waals surface area contributed by atoms with E-state index in [1.165, 1.54) is 7.11 Å². The van der Waals surface area contributed by atoms with E-state index >= 15 is 0 Å². The molecule has 17 heavy (non-hydrogen) atoms. The summed E-state index contributed by atoms with van der Waals surface area (Å²) in [4.78, 5) is 11.6. The summed E-state index contributed by atoms with van der Waals surface area (Å²) in [6.07, 6.45) is 1.08. The third kappa shape index (κ3) is 2.26. The van der Waals surface area contributed by atoms with Gasteiger partial charge in [-0.15, -0.1) is 0 Å². The first-order chi connectivity index (χ1) is 8.15. The Morgan fingerprint density at radius 2 is 2.41 bits per heavy atom. The van der Waals surface area contributed by atoms with Crippen molar-refractivity contribution in [1.82, 2.24) is 0 Å². The van der Waals surface area contributed by atoms with E-state index in [1.54, 1.807) is 0 Å². The van der Waals surface area contributed by atoms with Crippen molar-refractivity contribution in [3.8, 4) is 5.75 Å². The molecule has 0 radical (unpaired) electrons. The summed E-state index contributed by atoms with van der Waals surface area (Å²) < 4.78 is 10.4. The normalized spacial score (nSPS) is 19.4. The van der Waals surface area contributed by atoms with Crippen molar-refractivity contribution < 1.29 is 14.3 Å². The number of ether oxygens (including phenoxy) is 2. The summed E-state index contributed by atoms with van der Waals surface area (Å²) in [6, 6.07) is 5.78. The minimum absolute atomic E-state index is 0.203. The molecule has 2 rings (SSSR count). The number of methoxy groups -OCH3 is 1. The average molecular weight is 235 g/mol. The van der Waals surface area contributed by atoms with E-state index < -0.39 is 0 Å². The molecule has 0 fully saturated rings. The van der Waals surface area contributed by atoms with Crippen LogP contribution < -0.4 is 10.5 Å². The average Bonchev–Trinajstić information content (AvgIpc) is 2.69. The fourth-order valence-corrected chi connectivity index (χ4v) is 2.17. The second-order valence-electron chi connectivity index (χ2n) is 4.31. The largest absolute Gasteiger partial charge is 0.490 e. The molecule has 0 saturated heterocycles. The summed E-state index contributed by atoms with van der Waals surface area (Å²) in [5, 5.41) is 0. The summed E-state index contributed by atoms with van der Waals surface area (Å²) in [6.45, 7) is 2.28. The van der Waals surface area contributed by atoms with E-state index in [4.69, 9.17) is 15.2 Å². The van der Waals surface area contributed by atoms with Gasteiger partial charge in [0.2, 0.25) is 0 Å². The van der Waals surface area contributed by atoms with Crippen molar-refractivity contribution in [2.45, 2.75) is 25.4 Å². The number of hydrogen-bond donors (Lipinski definition) is 1. The van der Waals surface area contributed by atoms with E-state index in [2.05, 4.69) is 0 Å². The Balaban J connectivity index is 2.28. The lowest BCUT2D eigenvalue weighted by Gasteiger charge is -2.13. The number of nitrogens with two attached hydrogens (primary N) is 1. The molecule has 1 heterocycles. The first-order valence-electron chi connectivity index (χ1n) is 5.73. The highest BCUT2D eigenvalue weighted by Gasteiger charge is 2.24. The van der Waals surface area contributed by atoms with Gasteiger partial charge in [0.15, 0.2) is 0 Å². The highest BCUT2D eigenvalue weighted by atomic mass is 16.5. The van der Waals surface area contributed by atoms with E-state index in [0.29, 0.717) is 0 Å². The molecule has 0 saturated carbocycles. The van der Waals surface area contributed by atoms with Gasteiger partial charge in [0, 0.05) is 13.0 Å². The van der Waals surface area contributed by atoms with Crippen LogP contribution in [0, 0.1) is 0 Å². The number of carbonyl (C=O) groups is 1. The van der Waals surface area contributed by atoms with Crippen LogP contribution in [0.15, 0.2) is 18.2 Å². The molecule has 1 aromatic carbocycles. The van der Waals surface area contributed by atoms with Crippen LogP contribution in [0.4, 0.5) is 0 Å². The molecular formula is C13H17NO3. The Bertz CT molecular complexity index is 431. The monoisotopic (exact) mass is 235 g/mol. The number of carbonyl (C=O) groups excluding carboxylic acids is 1. The lowest BCUT2D eigenvalue weighted by molar-refractivity contribution is -0.142. The fourth-order valence-electron chi connectivity index (χ4n) is 2.17. The molecule has 0 amide bonds. The van der Waals surface area contributed by atoms with E-state index in [1.807, 2.05) is 25.1 Å². The standard InChI is InChI=1S/C13H17NO3/c1-8-5-10-6-9(3-4-12(10)17-8)11(7-14)13(15)16-2/h3-4,6,8,11H,5,7,14H2,1-2H3. The lowest BCUT2D eigenvalue weighted by Crippen LogP contribution is -2.22. The summed E-state index contributed by atoms with van der Waals surface area (Å²) in [5.74, 6) is 0.225. The zero-order chi connectivity index (χ0) is 12.4. The van der Waals surface area contributed by atoms with Crippen molar-refractivity contribution in [3.63, 3.8) is 0 Å². The Kier molecular flexibility index (Phi) is 3.33. The molecule has 4 nitrogen and oxygen atoms in total. The Morgan fingerprint density at radius 1 is 1.65 bits per heavy atom. The van der Waals surface area contributed by atoms with Gasteiger partial charge in [0.05, 0.1) is 13.0 Å². The van der Waals surface area contributed by atoms with Crippen molar-refractivity contribution in [2.75, 3.05) is 13.7 Å². The number of benzene rings is 1. The number of esters is 1. The SMILES string of the molecule is COC(=O)C(CN)c1ccc2c(c1)CC(C)O2. The van der Waals surface area contributed by atoms with Gasteiger partial charge in [-0.2, -0.15) is 0 Å². The number of rotatable bonds is 3. The molecule has 2 unspecified atom stereocenters. The Morgan fingerprint density at radius 3 is 3.06 bits per heavy atom. The maximum absolute atomic E-state index is 11.6. The second-order valence-corrected chi connectivity index (χ2v) is 4.31. The topological polar surface area (TPSA) is 61.5 Å². The van der Waals surface area contributed by atoms with Crippen molar-refractivity contribution >= 4 is 5.97 Å². The van der Waals surface area contributed by atoms with Crippen molar-refractivity contribution in [2.24, 2.45) is 5.73 Å². The van der Waals surface area contributed by atoms with Gasteiger partial charge in [-0.3, -0.25) is 4.79 Å². The van der Waals surface area contributed by atoms with Gasteiger partial charge >= 0.3 is 5.97 Å². The molecule has 4 heteroatoms. The van der Waals surface area contributed by atoms with Gasteiger partial charge in [0.1, 0.15) is 11.9 Å². The minimum atomic E-state index is -0.388. The Labute approximate surface area is 101 Å². The highest BCUT2D eigenvalue weighted by Crippen LogP contribution is 2.31. The maximum atomic E-state index is 11.6. The molecule has 1 aliphatic rings. The van der Waals surface area contributed by atoms with Crippen LogP contribution in [0.25, 0.3) is 0 Å². The molecule has 92 valence electrons. The van der Waals surface area contributed by atoms with Crippen molar-refractivity contribution in [3.05, 3.63) is 29.3 Å². The molecule has 2 N–H and O–H groups in total. The van der Waals surface area contributed by atoms with Crippen molar-refractivity contribution in [1.29, 1.82) is 0 Å². The summed E-state index contributed by atoms with van der Waals surface area (Å²) in [7, 11) is 1.38. The predicted molar refractivity (Wildman–Crippen MR) is 64.0 cm³/mol. The lowest BCUT2D eigenvalue weighted by atomic mass is 9.96.